The van der Waals surface area contributed by atoms with Crippen LogP contribution in [-0.2, 0) is 4.79 Å². The highest BCUT2D eigenvalue weighted by Gasteiger charge is 2.28. The standard InChI is InChI=1S/C12H13F3N2OS/c13-12(14,15)7-19-10-4-2-1-3-9(10)17-11(18)8-5-16-6-8/h1-4,8,16H,5-7H2,(H,17,18). The number of thioether (sulfide) groups is 1. The summed E-state index contributed by atoms with van der Waals surface area (Å²) in [6, 6.07) is 6.53. The molecule has 3 nitrogen and oxygen atoms in total. The van der Waals surface area contributed by atoms with Crippen molar-refractivity contribution >= 4 is 23.4 Å². The lowest BCUT2D eigenvalue weighted by Gasteiger charge is -2.26. The largest absolute Gasteiger partial charge is 0.398 e. The molecule has 0 spiro atoms. The fraction of sp³-hybridized carbons (Fsp3) is 0.417. The van der Waals surface area contributed by atoms with Crippen molar-refractivity contribution in [2.45, 2.75) is 11.1 Å². The van der Waals surface area contributed by atoms with Gasteiger partial charge < -0.3 is 10.6 Å². The van der Waals surface area contributed by atoms with Gasteiger partial charge in [-0.15, -0.1) is 11.8 Å². The lowest BCUT2D eigenvalue weighted by Crippen LogP contribution is -2.48. The Morgan fingerprint density at radius 3 is 2.63 bits per heavy atom. The van der Waals surface area contributed by atoms with Gasteiger partial charge in [0.15, 0.2) is 0 Å². The summed E-state index contributed by atoms with van der Waals surface area (Å²) in [5, 5.41) is 5.65. The molecule has 1 heterocycles. The number of alkyl halides is 3. The first kappa shape index (κ1) is 14.2. The van der Waals surface area contributed by atoms with Crippen molar-refractivity contribution in [3.05, 3.63) is 24.3 Å². The molecule has 0 atom stereocenters. The van der Waals surface area contributed by atoms with Crippen molar-refractivity contribution in [3.63, 3.8) is 0 Å². The van der Waals surface area contributed by atoms with Crippen LogP contribution in [0.1, 0.15) is 0 Å². The molecule has 104 valence electrons. The molecule has 0 unspecified atom stereocenters. The first-order valence-corrected chi connectivity index (χ1v) is 6.74. The van der Waals surface area contributed by atoms with E-state index in [1.807, 2.05) is 0 Å². The SMILES string of the molecule is O=C(Nc1ccccc1SCC(F)(F)F)C1CNC1. The molecular weight excluding hydrogens is 277 g/mol. The Balaban J connectivity index is 2.01. The maximum absolute atomic E-state index is 12.2. The number of rotatable bonds is 4. The highest BCUT2D eigenvalue weighted by molar-refractivity contribution is 7.99. The van der Waals surface area contributed by atoms with Crippen LogP contribution in [0.25, 0.3) is 0 Å². The predicted octanol–water partition coefficient (Wildman–Crippen LogP) is 2.50. The second-order valence-electron chi connectivity index (χ2n) is 4.24. The maximum atomic E-state index is 12.2. The van der Waals surface area contributed by atoms with Crippen LogP contribution >= 0.6 is 11.8 Å². The van der Waals surface area contributed by atoms with E-state index in [2.05, 4.69) is 10.6 Å². The zero-order valence-electron chi connectivity index (χ0n) is 9.96. The molecule has 0 saturated carbocycles. The van der Waals surface area contributed by atoms with E-state index >= 15 is 0 Å². The molecule has 0 bridgehead atoms. The van der Waals surface area contributed by atoms with Gasteiger partial charge in [-0.05, 0) is 12.1 Å². The summed E-state index contributed by atoms with van der Waals surface area (Å²) in [6.07, 6.45) is -4.22. The molecule has 1 amide bonds. The van der Waals surface area contributed by atoms with E-state index in [0.29, 0.717) is 35.4 Å². The van der Waals surface area contributed by atoms with E-state index in [-0.39, 0.29) is 11.8 Å². The second kappa shape index (κ2) is 5.83. The van der Waals surface area contributed by atoms with Crippen LogP contribution in [0, 0.1) is 5.92 Å². The normalized spacial score (nSPS) is 15.9. The molecule has 0 radical (unpaired) electrons. The number of anilines is 1. The number of halogens is 3. The van der Waals surface area contributed by atoms with Gasteiger partial charge in [-0.1, -0.05) is 12.1 Å². The smallest absolute Gasteiger partial charge is 0.325 e. The number of hydrogen-bond acceptors (Lipinski definition) is 3. The molecule has 2 N–H and O–H groups in total. The fourth-order valence-electron chi connectivity index (χ4n) is 1.56. The van der Waals surface area contributed by atoms with Crippen molar-refractivity contribution in [3.8, 4) is 0 Å². The molecule has 19 heavy (non-hydrogen) atoms. The third-order valence-electron chi connectivity index (χ3n) is 2.69. The van der Waals surface area contributed by atoms with E-state index in [4.69, 9.17) is 0 Å². The highest BCUT2D eigenvalue weighted by atomic mass is 32.2. The predicted molar refractivity (Wildman–Crippen MR) is 68.2 cm³/mol. The molecule has 1 saturated heterocycles. The Kier molecular flexibility index (Phi) is 4.36. The highest BCUT2D eigenvalue weighted by Crippen LogP contribution is 2.32. The number of carbonyl (C=O) groups is 1. The summed E-state index contributed by atoms with van der Waals surface area (Å²) in [6.45, 7) is 1.23. The van der Waals surface area contributed by atoms with Gasteiger partial charge in [-0.25, -0.2) is 0 Å². The minimum Gasteiger partial charge on any atom is -0.325 e. The molecule has 7 heteroatoms. The summed E-state index contributed by atoms with van der Waals surface area (Å²) in [5.74, 6) is -1.22. The van der Waals surface area contributed by atoms with E-state index in [1.165, 1.54) is 0 Å². The number of benzene rings is 1. The second-order valence-corrected chi connectivity index (χ2v) is 5.26. The molecule has 0 aliphatic carbocycles. The van der Waals surface area contributed by atoms with E-state index in [9.17, 15) is 18.0 Å². The lowest BCUT2D eigenvalue weighted by atomic mass is 10.0. The number of hydrogen-bond donors (Lipinski definition) is 2. The van der Waals surface area contributed by atoms with Crippen LogP contribution in [0.5, 0.6) is 0 Å². The quantitative estimate of drug-likeness (QED) is 0.837. The van der Waals surface area contributed by atoms with Crippen molar-refractivity contribution in [2.24, 2.45) is 5.92 Å². The van der Waals surface area contributed by atoms with Gasteiger partial charge in [0.25, 0.3) is 0 Å². The van der Waals surface area contributed by atoms with Crippen LogP contribution in [0.4, 0.5) is 18.9 Å². The van der Waals surface area contributed by atoms with E-state index < -0.39 is 11.9 Å². The van der Waals surface area contributed by atoms with E-state index in [1.54, 1.807) is 24.3 Å². The van der Waals surface area contributed by atoms with Gasteiger partial charge in [0.05, 0.1) is 17.4 Å². The zero-order chi connectivity index (χ0) is 13.9. The Hall–Kier alpha value is -1.21. The van der Waals surface area contributed by atoms with Crippen molar-refractivity contribution < 1.29 is 18.0 Å². The van der Waals surface area contributed by atoms with Gasteiger partial charge in [-0.3, -0.25) is 4.79 Å². The van der Waals surface area contributed by atoms with E-state index in [0.717, 1.165) is 0 Å². The number of carbonyl (C=O) groups excluding carboxylic acids is 1. The van der Waals surface area contributed by atoms with Gasteiger partial charge in [0.1, 0.15) is 0 Å². The van der Waals surface area contributed by atoms with Gasteiger partial charge in [0, 0.05) is 18.0 Å². The number of para-hydroxylation sites is 1. The number of nitrogens with one attached hydrogen (secondary N) is 2. The van der Waals surface area contributed by atoms with Gasteiger partial charge in [-0.2, -0.15) is 13.2 Å². The van der Waals surface area contributed by atoms with Crippen LogP contribution in [0.3, 0.4) is 0 Å². The summed E-state index contributed by atoms with van der Waals surface area (Å²) in [5.41, 5.74) is 0.439. The molecule has 1 fully saturated rings. The molecular formula is C12H13F3N2OS. The Labute approximate surface area is 112 Å². The van der Waals surface area contributed by atoms with Crippen molar-refractivity contribution in [1.82, 2.24) is 5.32 Å². The van der Waals surface area contributed by atoms with Gasteiger partial charge >= 0.3 is 6.18 Å². The van der Waals surface area contributed by atoms with Crippen LogP contribution < -0.4 is 10.6 Å². The number of amides is 1. The summed E-state index contributed by atoms with van der Waals surface area (Å²) in [7, 11) is 0. The maximum Gasteiger partial charge on any atom is 0.398 e. The molecule has 2 rings (SSSR count). The topological polar surface area (TPSA) is 41.1 Å². The fourth-order valence-corrected chi connectivity index (χ4v) is 2.33. The summed E-state index contributed by atoms with van der Waals surface area (Å²) in [4.78, 5) is 12.2. The molecule has 1 aromatic carbocycles. The minimum atomic E-state index is -4.22. The molecule has 1 aliphatic heterocycles. The van der Waals surface area contributed by atoms with Crippen LogP contribution in [0.2, 0.25) is 0 Å². The van der Waals surface area contributed by atoms with Crippen molar-refractivity contribution in [2.75, 3.05) is 24.2 Å². The summed E-state index contributed by atoms with van der Waals surface area (Å²) < 4.78 is 36.6. The molecule has 1 aliphatic rings. The summed E-state index contributed by atoms with van der Waals surface area (Å²) >= 11 is 0.678. The third kappa shape index (κ3) is 4.14. The minimum absolute atomic E-state index is 0.0966. The van der Waals surface area contributed by atoms with Crippen LogP contribution in [0.15, 0.2) is 29.2 Å². The molecule has 1 aromatic rings. The van der Waals surface area contributed by atoms with Crippen molar-refractivity contribution in [1.29, 1.82) is 0 Å². The average Bonchev–Trinajstić information content (AvgIpc) is 2.24. The zero-order valence-corrected chi connectivity index (χ0v) is 10.8. The first-order valence-electron chi connectivity index (χ1n) is 5.76. The Bertz CT molecular complexity index is 461. The monoisotopic (exact) mass is 290 g/mol. The van der Waals surface area contributed by atoms with Gasteiger partial charge in [0.2, 0.25) is 5.91 Å². The average molecular weight is 290 g/mol. The lowest BCUT2D eigenvalue weighted by molar-refractivity contribution is -0.121. The first-order chi connectivity index (χ1) is 8.96. The third-order valence-corrected chi connectivity index (χ3v) is 3.83. The Morgan fingerprint density at radius 1 is 1.37 bits per heavy atom. The molecule has 0 aromatic heterocycles. The Morgan fingerprint density at radius 2 is 2.05 bits per heavy atom. The van der Waals surface area contributed by atoms with Crippen LogP contribution in [-0.4, -0.2) is 30.9 Å².